The molecule has 1 aromatic heterocycles. The molecule has 0 spiro atoms. The first-order valence-corrected chi connectivity index (χ1v) is 7.60. The molecule has 23 heavy (non-hydrogen) atoms. The molecule has 1 saturated heterocycles. The van der Waals surface area contributed by atoms with E-state index in [2.05, 4.69) is 9.88 Å². The van der Waals surface area contributed by atoms with E-state index in [1.165, 1.54) is 6.07 Å². The Bertz CT molecular complexity index is 790. The van der Waals surface area contributed by atoms with Crippen LogP contribution < -0.4 is 16.2 Å². The average molecular weight is 313 g/mol. The number of benzene rings is 1. The van der Waals surface area contributed by atoms with Crippen LogP contribution in [0.1, 0.15) is 22.8 Å². The molecular formula is C17H19N3O3. The summed E-state index contributed by atoms with van der Waals surface area (Å²) in [5, 5.41) is 9.06. The molecule has 0 unspecified atom stereocenters. The Balaban J connectivity index is 1.96. The lowest BCUT2D eigenvalue weighted by Crippen LogP contribution is -2.55. The van der Waals surface area contributed by atoms with E-state index in [1.54, 1.807) is 0 Å². The van der Waals surface area contributed by atoms with E-state index in [4.69, 9.17) is 10.8 Å². The number of hydrogen-bond donors (Lipinski definition) is 3. The summed E-state index contributed by atoms with van der Waals surface area (Å²) >= 11 is 0. The SMILES string of the molecule is CCc1cc(C(=O)O)c(=O)[nH]c1-c1ccc(N2CC(N)C2)cc1. The van der Waals surface area contributed by atoms with Gasteiger partial charge in [-0.05, 0) is 35.7 Å². The van der Waals surface area contributed by atoms with Crippen molar-refractivity contribution in [1.82, 2.24) is 4.98 Å². The minimum Gasteiger partial charge on any atom is -0.477 e. The number of nitrogens with two attached hydrogens (primary N) is 1. The molecule has 0 aliphatic carbocycles. The van der Waals surface area contributed by atoms with Crippen molar-refractivity contribution in [2.24, 2.45) is 5.73 Å². The number of anilines is 1. The summed E-state index contributed by atoms with van der Waals surface area (Å²) in [4.78, 5) is 27.9. The van der Waals surface area contributed by atoms with Crippen LogP contribution in [0.15, 0.2) is 35.1 Å². The highest BCUT2D eigenvalue weighted by molar-refractivity contribution is 5.88. The number of carboxylic acids is 1. The monoisotopic (exact) mass is 313 g/mol. The molecule has 3 rings (SSSR count). The fourth-order valence-corrected chi connectivity index (χ4v) is 2.83. The zero-order valence-electron chi connectivity index (χ0n) is 12.9. The Kier molecular flexibility index (Phi) is 3.92. The quantitative estimate of drug-likeness (QED) is 0.793. The van der Waals surface area contributed by atoms with E-state index < -0.39 is 11.5 Å². The molecular weight excluding hydrogens is 294 g/mol. The maximum absolute atomic E-state index is 11.9. The molecule has 120 valence electrons. The van der Waals surface area contributed by atoms with Crippen LogP contribution in [0, 0.1) is 0 Å². The predicted molar refractivity (Wildman–Crippen MR) is 89.0 cm³/mol. The summed E-state index contributed by atoms with van der Waals surface area (Å²) in [6.07, 6.45) is 0.634. The zero-order valence-corrected chi connectivity index (χ0v) is 12.9. The molecule has 0 radical (unpaired) electrons. The van der Waals surface area contributed by atoms with Gasteiger partial charge in [0.1, 0.15) is 5.56 Å². The maximum Gasteiger partial charge on any atom is 0.341 e. The summed E-state index contributed by atoms with van der Waals surface area (Å²) in [5.41, 5.74) is 8.43. The van der Waals surface area contributed by atoms with Gasteiger partial charge in [0, 0.05) is 24.8 Å². The number of aromatic amines is 1. The number of nitrogens with one attached hydrogen (secondary N) is 1. The third-order valence-electron chi connectivity index (χ3n) is 4.17. The van der Waals surface area contributed by atoms with Crippen molar-refractivity contribution in [2.45, 2.75) is 19.4 Å². The molecule has 0 saturated carbocycles. The predicted octanol–water partition coefficient (Wildman–Crippen LogP) is 1.45. The molecule has 1 aliphatic heterocycles. The van der Waals surface area contributed by atoms with E-state index in [0.29, 0.717) is 12.1 Å². The number of H-pyrrole nitrogens is 1. The molecule has 4 N–H and O–H groups in total. The molecule has 2 aromatic rings. The number of hydrogen-bond acceptors (Lipinski definition) is 4. The second kappa shape index (κ2) is 5.89. The van der Waals surface area contributed by atoms with Crippen LogP contribution in [0.3, 0.4) is 0 Å². The van der Waals surface area contributed by atoms with Gasteiger partial charge in [0.15, 0.2) is 0 Å². The van der Waals surface area contributed by atoms with E-state index in [1.807, 2.05) is 31.2 Å². The summed E-state index contributed by atoms with van der Waals surface area (Å²) < 4.78 is 0. The van der Waals surface area contributed by atoms with Crippen molar-refractivity contribution in [3.8, 4) is 11.3 Å². The molecule has 6 heteroatoms. The first-order valence-electron chi connectivity index (χ1n) is 7.60. The average Bonchev–Trinajstić information content (AvgIpc) is 2.51. The summed E-state index contributed by atoms with van der Waals surface area (Å²) in [6, 6.07) is 9.54. The van der Waals surface area contributed by atoms with Gasteiger partial charge in [-0.3, -0.25) is 4.79 Å². The number of pyridine rings is 1. The highest BCUT2D eigenvalue weighted by Gasteiger charge is 2.23. The standard InChI is InChI=1S/C17H19N3O3/c1-2-10-7-14(17(22)23)16(21)19-15(10)11-3-5-13(6-4-11)20-8-12(18)9-20/h3-7,12H,2,8-9,18H2,1H3,(H,19,21)(H,22,23). The van der Waals surface area contributed by atoms with Crippen molar-refractivity contribution in [2.75, 3.05) is 18.0 Å². The van der Waals surface area contributed by atoms with Crippen LogP contribution in [0.25, 0.3) is 11.3 Å². The van der Waals surface area contributed by atoms with Crippen LogP contribution >= 0.6 is 0 Å². The first kappa shape index (κ1) is 15.3. The summed E-state index contributed by atoms with van der Waals surface area (Å²) in [5.74, 6) is -1.21. The number of rotatable bonds is 4. The zero-order chi connectivity index (χ0) is 16.6. The van der Waals surface area contributed by atoms with Gasteiger partial charge in [-0.25, -0.2) is 4.79 Å². The lowest BCUT2D eigenvalue weighted by atomic mass is 10.0. The van der Waals surface area contributed by atoms with Crippen molar-refractivity contribution >= 4 is 11.7 Å². The molecule has 2 heterocycles. The highest BCUT2D eigenvalue weighted by Crippen LogP contribution is 2.26. The number of nitrogens with zero attached hydrogens (tertiary/aromatic N) is 1. The van der Waals surface area contributed by atoms with Crippen molar-refractivity contribution in [3.05, 3.63) is 51.8 Å². The maximum atomic E-state index is 11.9. The van der Waals surface area contributed by atoms with E-state index in [9.17, 15) is 9.59 Å². The van der Waals surface area contributed by atoms with Crippen LogP contribution in [-0.4, -0.2) is 35.2 Å². The van der Waals surface area contributed by atoms with Gasteiger partial charge in [0.05, 0.1) is 5.69 Å². The van der Waals surface area contributed by atoms with Gasteiger partial charge in [-0.15, -0.1) is 0 Å². The topological polar surface area (TPSA) is 99.4 Å². The first-order chi connectivity index (χ1) is 11.0. The van der Waals surface area contributed by atoms with Crippen LogP contribution in [0.2, 0.25) is 0 Å². The molecule has 1 aromatic carbocycles. The molecule has 0 atom stereocenters. The Morgan fingerprint density at radius 1 is 1.35 bits per heavy atom. The lowest BCUT2D eigenvalue weighted by molar-refractivity contribution is 0.0695. The molecule has 0 bridgehead atoms. The second-order valence-corrected chi connectivity index (χ2v) is 5.78. The smallest absolute Gasteiger partial charge is 0.341 e. The largest absolute Gasteiger partial charge is 0.477 e. The van der Waals surface area contributed by atoms with Crippen LogP contribution in [0.4, 0.5) is 5.69 Å². The van der Waals surface area contributed by atoms with Crippen molar-refractivity contribution in [3.63, 3.8) is 0 Å². The van der Waals surface area contributed by atoms with Gasteiger partial charge < -0.3 is 20.7 Å². The highest BCUT2D eigenvalue weighted by atomic mass is 16.4. The van der Waals surface area contributed by atoms with Crippen LogP contribution in [-0.2, 0) is 6.42 Å². The number of carbonyl (C=O) groups is 1. The lowest BCUT2D eigenvalue weighted by Gasteiger charge is -2.38. The Labute approximate surface area is 133 Å². The second-order valence-electron chi connectivity index (χ2n) is 5.78. The molecule has 0 amide bonds. The normalized spacial score (nSPS) is 14.6. The van der Waals surface area contributed by atoms with Gasteiger partial charge in [0.25, 0.3) is 5.56 Å². The van der Waals surface area contributed by atoms with Crippen molar-refractivity contribution in [1.29, 1.82) is 0 Å². The fraction of sp³-hybridized carbons (Fsp3) is 0.294. The van der Waals surface area contributed by atoms with E-state index in [0.717, 1.165) is 29.9 Å². The number of carboxylic acid groups (broad SMARTS) is 1. The van der Waals surface area contributed by atoms with Gasteiger partial charge >= 0.3 is 5.97 Å². The Hall–Kier alpha value is -2.60. The Morgan fingerprint density at radius 3 is 2.52 bits per heavy atom. The van der Waals surface area contributed by atoms with Crippen molar-refractivity contribution < 1.29 is 9.90 Å². The van der Waals surface area contributed by atoms with Gasteiger partial charge in [0.2, 0.25) is 0 Å². The Morgan fingerprint density at radius 2 is 2.00 bits per heavy atom. The molecule has 1 fully saturated rings. The van der Waals surface area contributed by atoms with E-state index in [-0.39, 0.29) is 11.6 Å². The number of aromatic nitrogens is 1. The summed E-state index contributed by atoms with van der Waals surface area (Å²) in [6.45, 7) is 3.63. The van der Waals surface area contributed by atoms with Gasteiger partial charge in [-0.1, -0.05) is 19.1 Å². The van der Waals surface area contributed by atoms with Gasteiger partial charge in [-0.2, -0.15) is 0 Å². The fourth-order valence-electron chi connectivity index (χ4n) is 2.83. The third-order valence-corrected chi connectivity index (χ3v) is 4.17. The van der Waals surface area contributed by atoms with Crippen LogP contribution in [0.5, 0.6) is 0 Å². The minimum atomic E-state index is -1.21. The number of aryl methyl sites for hydroxylation is 1. The molecule has 1 aliphatic rings. The summed E-state index contributed by atoms with van der Waals surface area (Å²) in [7, 11) is 0. The molecule has 6 nitrogen and oxygen atoms in total. The third kappa shape index (κ3) is 2.85. The number of aromatic carboxylic acids is 1. The minimum absolute atomic E-state index is 0.225. The van der Waals surface area contributed by atoms with E-state index >= 15 is 0 Å².